The zero-order valence-corrected chi connectivity index (χ0v) is 17.6. The summed E-state index contributed by atoms with van der Waals surface area (Å²) in [5.41, 5.74) is 4.34. The fourth-order valence-electron chi connectivity index (χ4n) is 3.25. The predicted molar refractivity (Wildman–Crippen MR) is 117 cm³/mol. The number of rotatable bonds is 7. The van der Waals surface area contributed by atoms with Crippen LogP contribution in [-0.2, 0) is 0 Å². The minimum Gasteiger partial charge on any atom is -0.494 e. The van der Waals surface area contributed by atoms with Crippen molar-refractivity contribution in [2.75, 3.05) is 12.4 Å². The molecule has 0 bridgehead atoms. The third-order valence-corrected chi connectivity index (χ3v) is 5.91. The molecule has 0 radical (unpaired) electrons. The lowest BCUT2D eigenvalue weighted by atomic mass is 10.1. The Bertz CT molecular complexity index is 1130. The molecule has 4 aromatic rings. The number of halogens is 1. The van der Waals surface area contributed by atoms with E-state index in [9.17, 15) is 0 Å². The van der Waals surface area contributed by atoms with Crippen LogP contribution >= 0.6 is 23.4 Å². The van der Waals surface area contributed by atoms with Crippen molar-refractivity contribution < 1.29 is 4.74 Å². The summed E-state index contributed by atoms with van der Waals surface area (Å²) < 4.78 is 7.94. The number of benzene rings is 2. The normalized spacial score (nSPS) is 11.4. The molecule has 0 saturated heterocycles. The van der Waals surface area contributed by atoms with E-state index in [-0.39, 0.29) is 0 Å². The largest absolute Gasteiger partial charge is 0.494 e. The van der Waals surface area contributed by atoms with E-state index >= 15 is 0 Å². The first-order chi connectivity index (χ1) is 13.6. The number of ether oxygens (including phenoxy) is 1. The van der Waals surface area contributed by atoms with Gasteiger partial charge in [-0.3, -0.25) is 4.40 Å². The van der Waals surface area contributed by atoms with Gasteiger partial charge < -0.3 is 4.74 Å². The molecule has 0 amide bonds. The summed E-state index contributed by atoms with van der Waals surface area (Å²) in [5.74, 6) is 1.91. The van der Waals surface area contributed by atoms with E-state index in [1.807, 2.05) is 30.3 Å². The minimum absolute atomic E-state index is 0.727. The summed E-state index contributed by atoms with van der Waals surface area (Å²) in [6.07, 6.45) is 2.06. The molecule has 0 aliphatic rings. The Balaban J connectivity index is 1.39. The summed E-state index contributed by atoms with van der Waals surface area (Å²) >= 11 is 7.91. The van der Waals surface area contributed by atoms with Gasteiger partial charge in [0.1, 0.15) is 5.75 Å². The Morgan fingerprint density at radius 3 is 2.79 bits per heavy atom. The Morgan fingerprint density at radius 2 is 1.93 bits per heavy atom. The van der Waals surface area contributed by atoms with Gasteiger partial charge in [0, 0.05) is 16.2 Å². The average molecular weight is 412 g/mol. The van der Waals surface area contributed by atoms with Crippen molar-refractivity contribution in [1.29, 1.82) is 0 Å². The first kappa shape index (κ1) is 19.1. The van der Waals surface area contributed by atoms with Crippen molar-refractivity contribution in [3.63, 3.8) is 0 Å². The fraction of sp³-hybridized carbons (Fsp3) is 0.273. The SMILES string of the molecule is Cc1cccc(OCCCCSc2nnc3cc(C)c4cc(Cl)ccc4n23)c1. The number of pyridine rings is 1. The van der Waals surface area contributed by atoms with Crippen LogP contribution in [0.2, 0.25) is 5.02 Å². The number of unbranched alkanes of at least 4 members (excludes halogenated alkanes) is 1. The number of hydrogen-bond acceptors (Lipinski definition) is 4. The molecule has 2 heterocycles. The highest BCUT2D eigenvalue weighted by Gasteiger charge is 2.11. The van der Waals surface area contributed by atoms with Gasteiger partial charge in [0.05, 0.1) is 12.1 Å². The van der Waals surface area contributed by atoms with Crippen LogP contribution < -0.4 is 4.74 Å². The smallest absolute Gasteiger partial charge is 0.196 e. The quantitative estimate of drug-likeness (QED) is 0.272. The first-order valence-corrected chi connectivity index (χ1v) is 10.7. The van der Waals surface area contributed by atoms with Crippen LogP contribution in [0.1, 0.15) is 24.0 Å². The summed E-state index contributed by atoms with van der Waals surface area (Å²) in [6, 6.07) is 16.2. The standard InChI is InChI=1S/C22H22ClN3OS/c1-15-6-5-7-18(12-15)27-10-3-4-11-28-22-25-24-21-13-16(2)19-14-17(23)8-9-20(19)26(21)22/h5-9,12-14H,3-4,10-11H2,1-2H3. The van der Waals surface area contributed by atoms with Gasteiger partial charge in [0.2, 0.25) is 0 Å². The van der Waals surface area contributed by atoms with Gasteiger partial charge in [-0.25, -0.2) is 0 Å². The monoisotopic (exact) mass is 411 g/mol. The summed E-state index contributed by atoms with van der Waals surface area (Å²) in [4.78, 5) is 0. The first-order valence-electron chi connectivity index (χ1n) is 9.38. The molecule has 4 rings (SSSR count). The van der Waals surface area contributed by atoms with Crippen LogP contribution in [0.5, 0.6) is 5.75 Å². The van der Waals surface area contributed by atoms with Gasteiger partial charge in [-0.2, -0.15) is 0 Å². The highest BCUT2D eigenvalue weighted by atomic mass is 35.5. The Hall–Kier alpha value is -2.24. The lowest BCUT2D eigenvalue weighted by Gasteiger charge is -2.08. The molecule has 144 valence electrons. The van der Waals surface area contributed by atoms with Crippen LogP contribution in [0, 0.1) is 13.8 Å². The summed E-state index contributed by atoms with van der Waals surface area (Å²) in [7, 11) is 0. The summed E-state index contributed by atoms with van der Waals surface area (Å²) in [5, 5.41) is 11.5. The van der Waals surface area contributed by atoms with Gasteiger partial charge in [-0.1, -0.05) is 35.5 Å². The van der Waals surface area contributed by atoms with E-state index in [0.717, 1.165) is 63.2 Å². The molecule has 6 heteroatoms. The third kappa shape index (κ3) is 4.10. The molecule has 4 nitrogen and oxygen atoms in total. The molecule has 28 heavy (non-hydrogen) atoms. The molecule has 0 unspecified atom stereocenters. The van der Waals surface area contributed by atoms with E-state index in [2.05, 4.69) is 46.6 Å². The van der Waals surface area contributed by atoms with Crippen molar-refractivity contribution in [3.05, 3.63) is 64.7 Å². The number of hydrogen-bond donors (Lipinski definition) is 0. The third-order valence-electron chi connectivity index (χ3n) is 4.66. The van der Waals surface area contributed by atoms with E-state index in [0.29, 0.717) is 0 Å². The van der Waals surface area contributed by atoms with Crippen molar-refractivity contribution in [2.45, 2.75) is 31.8 Å². The maximum Gasteiger partial charge on any atom is 0.196 e. The number of thioether (sulfide) groups is 1. The van der Waals surface area contributed by atoms with Gasteiger partial charge in [0.25, 0.3) is 0 Å². The van der Waals surface area contributed by atoms with E-state index in [1.165, 1.54) is 5.56 Å². The highest BCUT2D eigenvalue weighted by Crippen LogP contribution is 2.28. The maximum absolute atomic E-state index is 6.18. The second-order valence-electron chi connectivity index (χ2n) is 6.89. The number of aryl methyl sites for hydroxylation is 2. The number of aromatic nitrogens is 3. The van der Waals surface area contributed by atoms with Crippen molar-refractivity contribution >= 4 is 39.9 Å². The van der Waals surface area contributed by atoms with Gasteiger partial charge in [-0.15, -0.1) is 10.2 Å². The maximum atomic E-state index is 6.18. The van der Waals surface area contributed by atoms with Gasteiger partial charge in [0.15, 0.2) is 10.8 Å². The van der Waals surface area contributed by atoms with Gasteiger partial charge >= 0.3 is 0 Å². The molecule has 0 saturated carbocycles. The van der Waals surface area contributed by atoms with Crippen LogP contribution in [-0.4, -0.2) is 27.0 Å². The molecular weight excluding hydrogens is 390 g/mol. The Morgan fingerprint density at radius 1 is 1.04 bits per heavy atom. The lowest BCUT2D eigenvalue weighted by Crippen LogP contribution is -1.98. The van der Waals surface area contributed by atoms with Crippen molar-refractivity contribution in [1.82, 2.24) is 14.6 Å². The lowest BCUT2D eigenvalue weighted by molar-refractivity contribution is 0.309. The fourth-order valence-corrected chi connectivity index (χ4v) is 4.37. The second kappa shape index (κ2) is 8.41. The molecule has 0 spiro atoms. The van der Waals surface area contributed by atoms with E-state index in [1.54, 1.807) is 11.8 Å². The molecular formula is C22H22ClN3OS. The number of nitrogens with zero attached hydrogens (tertiary/aromatic N) is 3. The molecule has 0 fully saturated rings. The van der Waals surface area contributed by atoms with E-state index < -0.39 is 0 Å². The topological polar surface area (TPSA) is 39.4 Å². The predicted octanol–water partition coefficient (Wildman–Crippen LogP) is 6.10. The van der Waals surface area contributed by atoms with Crippen molar-refractivity contribution in [3.8, 4) is 5.75 Å². The second-order valence-corrected chi connectivity index (χ2v) is 8.38. The summed E-state index contributed by atoms with van der Waals surface area (Å²) in [6.45, 7) is 4.88. The molecule has 0 N–H and O–H groups in total. The molecule has 2 aromatic carbocycles. The zero-order valence-electron chi connectivity index (χ0n) is 16.0. The zero-order chi connectivity index (χ0) is 19.5. The van der Waals surface area contributed by atoms with Crippen LogP contribution in [0.25, 0.3) is 16.6 Å². The molecule has 0 aliphatic carbocycles. The highest BCUT2D eigenvalue weighted by molar-refractivity contribution is 7.99. The Labute approximate surface area is 173 Å². The molecule has 0 aliphatic heterocycles. The Kier molecular flexibility index (Phi) is 5.74. The van der Waals surface area contributed by atoms with Crippen LogP contribution in [0.15, 0.2) is 53.7 Å². The van der Waals surface area contributed by atoms with Crippen LogP contribution in [0.4, 0.5) is 0 Å². The number of fused-ring (bicyclic) bond motifs is 3. The minimum atomic E-state index is 0.727. The molecule has 2 aromatic heterocycles. The van der Waals surface area contributed by atoms with Crippen LogP contribution in [0.3, 0.4) is 0 Å². The van der Waals surface area contributed by atoms with Crippen molar-refractivity contribution in [2.24, 2.45) is 0 Å². The molecule has 0 atom stereocenters. The van der Waals surface area contributed by atoms with E-state index in [4.69, 9.17) is 16.3 Å². The van der Waals surface area contributed by atoms with Gasteiger partial charge in [-0.05, 0) is 74.2 Å². The average Bonchev–Trinajstić information content (AvgIpc) is 3.07.